The summed E-state index contributed by atoms with van der Waals surface area (Å²) in [5.41, 5.74) is 2.79. The fourth-order valence-corrected chi connectivity index (χ4v) is 5.51. The summed E-state index contributed by atoms with van der Waals surface area (Å²) in [5.74, 6) is 0.646. The molecule has 43 heavy (non-hydrogen) atoms. The SMILES string of the molecule is CCc1cn(CC(=O)N(CCN(CC)CC)Cc2cnc(-c3ccc(Cl)cc3)nc2)c(SCc2ccc(F)cc2)nc1=O. The number of hydrogen-bond donors (Lipinski definition) is 0. The van der Waals surface area contributed by atoms with Gasteiger partial charge in [0.15, 0.2) is 11.0 Å². The molecule has 0 atom stereocenters. The van der Waals surface area contributed by atoms with Crippen LogP contribution in [0.15, 0.2) is 77.1 Å². The second-order valence-corrected chi connectivity index (χ2v) is 11.4. The zero-order valence-corrected chi connectivity index (χ0v) is 26.2. The van der Waals surface area contributed by atoms with E-state index in [2.05, 4.69) is 33.7 Å². The number of benzene rings is 2. The number of nitrogens with zero attached hydrogens (tertiary/aromatic N) is 6. The molecule has 0 aliphatic carbocycles. The number of likely N-dealkylation sites (N-methyl/N-ethyl adjacent to an activating group) is 1. The van der Waals surface area contributed by atoms with Gasteiger partial charge in [-0.3, -0.25) is 9.59 Å². The van der Waals surface area contributed by atoms with Gasteiger partial charge in [0.25, 0.3) is 5.56 Å². The summed E-state index contributed by atoms with van der Waals surface area (Å²) < 4.78 is 15.1. The Morgan fingerprint density at radius 3 is 2.26 bits per heavy atom. The van der Waals surface area contributed by atoms with Gasteiger partial charge in [0.05, 0.1) is 0 Å². The first-order valence-electron chi connectivity index (χ1n) is 14.3. The van der Waals surface area contributed by atoms with Crippen molar-refractivity contribution in [2.75, 3.05) is 26.2 Å². The van der Waals surface area contributed by atoms with E-state index in [0.717, 1.165) is 36.3 Å². The normalized spacial score (nSPS) is 11.2. The predicted octanol–water partition coefficient (Wildman–Crippen LogP) is 5.72. The fourth-order valence-electron chi connectivity index (χ4n) is 4.47. The summed E-state index contributed by atoms with van der Waals surface area (Å²) in [7, 11) is 0. The minimum atomic E-state index is -0.309. The summed E-state index contributed by atoms with van der Waals surface area (Å²) in [6.45, 7) is 9.45. The molecule has 0 unspecified atom stereocenters. The van der Waals surface area contributed by atoms with E-state index in [9.17, 15) is 14.0 Å². The van der Waals surface area contributed by atoms with Gasteiger partial charge >= 0.3 is 0 Å². The van der Waals surface area contributed by atoms with E-state index in [1.807, 2.05) is 19.1 Å². The number of halogens is 2. The summed E-state index contributed by atoms with van der Waals surface area (Å²) in [6.07, 6.45) is 5.72. The lowest BCUT2D eigenvalue weighted by atomic mass is 10.2. The van der Waals surface area contributed by atoms with Gasteiger partial charge in [-0.2, -0.15) is 4.98 Å². The highest BCUT2D eigenvalue weighted by atomic mass is 35.5. The molecule has 0 bridgehead atoms. The van der Waals surface area contributed by atoms with E-state index >= 15 is 0 Å². The van der Waals surface area contributed by atoms with Crippen LogP contribution in [0.25, 0.3) is 11.4 Å². The van der Waals surface area contributed by atoms with Gasteiger partial charge in [0.2, 0.25) is 5.91 Å². The van der Waals surface area contributed by atoms with Gasteiger partial charge in [-0.05, 0) is 61.5 Å². The Morgan fingerprint density at radius 1 is 0.953 bits per heavy atom. The molecule has 11 heteroatoms. The molecule has 226 valence electrons. The molecular weight excluding hydrogens is 587 g/mol. The standard InChI is InChI=1S/C32H36ClFN6O2S/c1-4-25-20-40(32(37-31(25)42)43-22-23-7-13-28(34)14-8-23)21-29(41)39(16-15-38(5-2)6-3)19-24-17-35-30(36-18-24)26-9-11-27(33)12-10-26/h7-14,17-18,20H,4-6,15-16,19,21-22H2,1-3H3. The van der Waals surface area contributed by atoms with Crippen molar-refractivity contribution in [3.8, 4) is 11.4 Å². The topological polar surface area (TPSA) is 84.2 Å². The van der Waals surface area contributed by atoms with Crippen molar-refractivity contribution in [3.05, 3.63) is 105 Å². The molecule has 0 saturated carbocycles. The number of thioether (sulfide) groups is 1. The Hall–Kier alpha value is -3.60. The maximum atomic E-state index is 13.9. The molecule has 0 spiro atoms. The molecule has 2 heterocycles. The second kappa shape index (κ2) is 15.7. The molecule has 1 amide bonds. The van der Waals surface area contributed by atoms with Crippen LogP contribution in [0, 0.1) is 5.82 Å². The summed E-state index contributed by atoms with van der Waals surface area (Å²) in [4.78, 5) is 43.9. The zero-order valence-electron chi connectivity index (χ0n) is 24.7. The van der Waals surface area contributed by atoms with Crippen molar-refractivity contribution in [2.45, 2.75) is 51.2 Å². The second-order valence-electron chi connectivity index (χ2n) is 10.0. The molecule has 0 saturated heterocycles. The monoisotopic (exact) mass is 622 g/mol. The van der Waals surface area contributed by atoms with Crippen LogP contribution in [0.3, 0.4) is 0 Å². The third kappa shape index (κ3) is 9.19. The predicted molar refractivity (Wildman–Crippen MR) is 170 cm³/mol. The highest BCUT2D eigenvalue weighted by Gasteiger charge is 2.19. The molecule has 0 aliphatic heterocycles. The van der Waals surface area contributed by atoms with E-state index in [0.29, 0.717) is 46.8 Å². The molecular formula is C32H36ClFN6O2S. The number of aryl methyl sites for hydroxylation is 1. The smallest absolute Gasteiger partial charge is 0.276 e. The Bertz CT molecular complexity index is 1540. The van der Waals surface area contributed by atoms with E-state index in [4.69, 9.17) is 11.6 Å². The molecule has 0 N–H and O–H groups in total. The minimum Gasteiger partial charge on any atom is -0.335 e. The molecule has 2 aromatic carbocycles. The zero-order chi connectivity index (χ0) is 30.8. The first kappa shape index (κ1) is 32.3. The van der Waals surface area contributed by atoms with Gasteiger partial charge in [-0.25, -0.2) is 14.4 Å². The summed E-state index contributed by atoms with van der Waals surface area (Å²) in [6, 6.07) is 13.5. The first-order valence-corrected chi connectivity index (χ1v) is 15.7. The number of carbonyl (C=O) groups is 1. The van der Waals surface area contributed by atoms with Crippen molar-refractivity contribution in [3.63, 3.8) is 0 Å². The number of aromatic nitrogens is 4. The highest BCUT2D eigenvalue weighted by molar-refractivity contribution is 7.98. The molecule has 8 nitrogen and oxygen atoms in total. The van der Waals surface area contributed by atoms with E-state index in [1.54, 1.807) is 52.3 Å². The average molecular weight is 623 g/mol. The minimum absolute atomic E-state index is 0.0218. The lowest BCUT2D eigenvalue weighted by molar-refractivity contribution is -0.132. The van der Waals surface area contributed by atoms with Crippen LogP contribution in [-0.4, -0.2) is 61.4 Å². The van der Waals surface area contributed by atoms with Crippen molar-refractivity contribution in [1.82, 2.24) is 29.3 Å². The van der Waals surface area contributed by atoms with Crippen LogP contribution in [-0.2, 0) is 30.1 Å². The summed E-state index contributed by atoms with van der Waals surface area (Å²) >= 11 is 7.36. The Balaban J connectivity index is 1.55. The van der Waals surface area contributed by atoms with E-state index in [-0.39, 0.29) is 23.8 Å². The Labute approximate surface area is 261 Å². The van der Waals surface area contributed by atoms with Crippen molar-refractivity contribution < 1.29 is 9.18 Å². The van der Waals surface area contributed by atoms with Crippen LogP contribution in [0.4, 0.5) is 4.39 Å². The van der Waals surface area contributed by atoms with Crippen molar-refractivity contribution in [2.24, 2.45) is 0 Å². The fraction of sp³-hybridized carbons (Fsp3) is 0.344. The lowest BCUT2D eigenvalue weighted by Gasteiger charge is -2.27. The number of amides is 1. The molecule has 0 fully saturated rings. The average Bonchev–Trinajstić information content (AvgIpc) is 3.02. The van der Waals surface area contributed by atoms with Crippen molar-refractivity contribution >= 4 is 29.3 Å². The molecule has 0 radical (unpaired) electrons. The molecule has 4 rings (SSSR count). The quantitative estimate of drug-likeness (QED) is 0.131. The van der Waals surface area contributed by atoms with Crippen LogP contribution in [0.5, 0.6) is 0 Å². The largest absolute Gasteiger partial charge is 0.335 e. The van der Waals surface area contributed by atoms with E-state index in [1.165, 1.54) is 23.9 Å². The van der Waals surface area contributed by atoms with E-state index < -0.39 is 0 Å². The van der Waals surface area contributed by atoms with Gasteiger partial charge in [-0.15, -0.1) is 0 Å². The van der Waals surface area contributed by atoms with Crippen LogP contribution in [0.1, 0.15) is 37.5 Å². The molecule has 2 aromatic heterocycles. The lowest BCUT2D eigenvalue weighted by Crippen LogP contribution is -2.40. The van der Waals surface area contributed by atoms with Crippen LogP contribution >= 0.6 is 23.4 Å². The maximum absolute atomic E-state index is 13.9. The highest BCUT2D eigenvalue weighted by Crippen LogP contribution is 2.22. The third-order valence-corrected chi connectivity index (χ3v) is 8.43. The Kier molecular flexibility index (Phi) is 11.8. The van der Waals surface area contributed by atoms with Gasteiger partial charge < -0.3 is 14.4 Å². The summed E-state index contributed by atoms with van der Waals surface area (Å²) in [5, 5.41) is 1.09. The number of rotatable bonds is 14. The van der Waals surface area contributed by atoms with Gasteiger partial charge in [-0.1, -0.05) is 56.3 Å². The van der Waals surface area contributed by atoms with Gasteiger partial charge in [0.1, 0.15) is 12.4 Å². The number of hydrogen-bond acceptors (Lipinski definition) is 7. The third-order valence-electron chi connectivity index (χ3n) is 7.11. The molecule has 0 aliphatic rings. The Morgan fingerprint density at radius 2 is 1.63 bits per heavy atom. The number of carbonyl (C=O) groups excluding carboxylic acids is 1. The maximum Gasteiger partial charge on any atom is 0.276 e. The first-order chi connectivity index (χ1) is 20.8. The van der Waals surface area contributed by atoms with Crippen molar-refractivity contribution in [1.29, 1.82) is 0 Å². The molecule has 4 aromatic rings. The van der Waals surface area contributed by atoms with Crippen LogP contribution in [0.2, 0.25) is 5.02 Å². The van der Waals surface area contributed by atoms with Gasteiger partial charge in [0, 0.05) is 65.7 Å². The van der Waals surface area contributed by atoms with Crippen LogP contribution < -0.4 is 5.56 Å².